The standard InChI is InChI=1S/C16H19ClN4O/c1-21-15-4-2-3-14(13(15)10-19-21)20-16(22)18-9-11-5-7-12(17)8-6-11/h5-8,10,14H,2-4,9H2,1H3,(H2,18,20,22)/t14-/m1/s1. The third kappa shape index (κ3) is 3.25. The molecule has 6 heteroatoms. The third-order valence-corrected chi connectivity index (χ3v) is 4.30. The van der Waals surface area contributed by atoms with E-state index in [1.165, 1.54) is 5.69 Å². The number of carbonyl (C=O) groups excluding carboxylic acids is 1. The fraction of sp³-hybridized carbons (Fsp3) is 0.375. The fourth-order valence-corrected chi connectivity index (χ4v) is 2.98. The third-order valence-electron chi connectivity index (χ3n) is 4.05. The smallest absolute Gasteiger partial charge is 0.315 e. The summed E-state index contributed by atoms with van der Waals surface area (Å²) in [5.41, 5.74) is 3.37. The topological polar surface area (TPSA) is 59.0 Å². The zero-order valence-corrected chi connectivity index (χ0v) is 13.2. The summed E-state index contributed by atoms with van der Waals surface area (Å²) in [6, 6.07) is 7.34. The van der Waals surface area contributed by atoms with E-state index in [0.29, 0.717) is 11.6 Å². The first kappa shape index (κ1) is 14.9. The number of amides is 2. The lowest BCUT2D eigenvalue weighted by Gasteiger charge is -2.24. The molecular weight excluding hydrogens is 300 g/mol. The van der Waals surface area contributed by atoms with Gasteiger partial charge in [0.05, 0.1) is 12.2 Å². The van der Waals surface area contributed by atoms with Gasteiger partial charge in [-0.05, 0) is 37.0 Å². The summed E-state index contributed by atoms with van der Waals surface area (Å²) in [7, 11) is 1.95. The molecule has 1 aromatic carbocycles. The fourth-order valence-electron chi connectivity index (χ4n) is 2.85. The molecule has 2 N–H and O–H groups in total. The van der Waals surface area contributed by atoms with Gasteiger partial charge in [0, 0.05) is 29.9 Å². The molecule has 1 aliphatic rings. The Kier molecular flexibility index (Phi) is 4.34. The first-order valence-electron chi connectivity index (χ1n) is 7.43. The SMILES string of the molecule is Cn1ncc2c1CCC[C@H]2NC(=O)NCc1ccc(Cl)cc1. The van der Waals surface area contributed by atoms with Crippen LogP contribution in [-0.2, 0) is 20.0 Å². The van der Waals surface area contributed by atoms with Crippen molar-refractivity contribution in [2.45, 2.75) is 31.8 Å². The van der Waals surface area contributed by atoms with Crippen molar-refractivity contribution in [2.24, 2.45) is 7.05 Å². The quantitative estimate of drug-likeness (QED) is 0.914. The molecule has 0 spiro atoms. The van der Waals surface area contributed by atoms with Crippen molar-refractivity contribution in [3.8, 4) is 0 Å². The molecule has 0 aliphatic heterocycles. The van der Waals surface area contributed by atoms with E-state index in [1.54, 1.807) is 0 Å². The van der Waals surface area contributed by atoms with E-state index in [0.717, 1.165) is 30.4 Å². The molecule has 0 radical (unpaired) electrons. The highest BCUT2D eigenvalue weighted by Crippen LogP contribution is 2.28. The van der Waals surface area contributed by atoms with Crippen LogP contribution in [0.1, 0.15) is 35.7 Å². The Morgan fingerprint density at radius 2 is 2.18 bits per heavy atom. The van der Waals surface area contributed by atoms with Gasteiger partial charge in [-0.15, -0.1) is 0 Å². The average Bonchev–Trinajstić information content (AvgIpc) is 2.90. The first-order valence-corrected chi connectivity index (χ1v) is 7.81. The number of fused-ring (bicyclic) bond motifs is 1. The Balaban J connectivity index is 1.57. The number of aryl methyl sites for hydroxylation is 1. The molecule has 116 valence electrons. The van der Waals surface area contributed by atoms with E-state index in [1.807, 2.05) is 42.2 Å². The molecule has 1 aromatic heterocycles. The zero-order valence-electron chi connectivity index (χ0n) is 12.5. The lowest BCUT2D eigenvalue weighted by Crippen LogP contribution is -2.38. The van der Waals surface area contributed by atoms with Crippen molar-refractivity contribution in [3.63, 3.8) is 0 Å². The molecule has 0 fully saturated rings. The minimum atomic E-state index is -0.156. The van der Waals surface area contributed by atoms with Gasteiger partial charge in [-0.3, -0.25) is 4.68 Å². The zero-order chi connectivity index (χ0) is 15.5. The van der Waals surface area contributed by atoms with Gasteiger partial charge in [-0.25, -0.2) is 4.79 Å². The van der Waals surface area contributed by atoms with Crippen LogP contribution in [-0.4, -0.2) is 15.8 Å². The number of halogens is 1. The van der Waals surface area contributed by atoms with Crippen molar-refractivity contribution >= 4 is 17.6 Å². The van der Waals surface area contributed by atoms with Gasteiger partial charge in [0.1, 0.15) is 0 Å². The van der Waals surface area contributed by atoms with Crippen molar-refractivity contribution < 1.29 is 4.79 Å². The lowest BCUT2D eigenvalue weighted by atomic mass is 9.93. The monoisotopic (exact) mass is 318 g/mol. The summed E-state index contributed by atoms with van der Waals surface area (Å²) in [5.74, 6) is 0. The van der Waals surface area contributed by atoms with Crippen LogP contribution in [0, 0.1) is 0 Å². The van der Waals surface area contributed by atoms with Crippen molar-refractivity contribution in [1.82, 2.24) is 20.4 Å². The molecule has 0 unspecified atom stereocenters. The predicted molar refractivity (Wildman–Crippen MR) is 85.7 cm³/mol. The highest BCUT2D eigenvalue weighted by atomic mass is 35.5. The number of benzene rings is 1. The van der Waals surface area contributed by atoms with Crippen LogP contribution in [0.4, 0.5) is 4.79 Å². The van der Waals surface area contributed by atoms with E-state index < -0.39 is 0 Å². The summed E-state index contributed by atoms with van der Waals surface area (Å²) in [4.78, 5) is 12.1. The number of hydrogen-bond acceptors (Lipinski definition) is 2. The number of aromatic nitrogens is 2. The number of carbonyl (C=O) groups is 1. The maximum atomic E-state index is 12.1. The Labute approximate surface area is 134 Å². The lowest BCUT2D eigenvalue weighted by molar-refractivity contribution is 0.235. The Hall–Kier alpha value is -2.01. The molecule has 2 aromatic rings. The second-order valence-electron chi connectivity index (χ2n) is 5.57. The van der Waals surface area contributed by atoms with Crippen LogP contribution in [0.3, 0.4) is 0 Å². The van der Waals surface area contributed by atoms with Crippen molar-refractivity contribution in [1.29, 1.82) is 0 Å². The van der Waals surface area contributed by atoms with Gasteiger partial charge in [0.2, 0.25) is 0 Å². The number of hydrogen-bond donors (Lipinski definition) is 2. The Morgan fingerprint density at radius 3 is 2.95 bits per heavy atom. The minimum absolute atomic E-state index is 0.0441. The molecule has 3 rings (SSSR count). The highest BCUT2D eigenvalue weighted by Gasteiger charge is 2.24. The summed E-state index contributed by atoms with van der Waals surface area (Å²) in [6.07, 6.45) is 4.90. The molecule has 22 heavy (non-hydrogen) atoms. The van der Waals surface area contributed by atoms with Crippen LogP contribution in [0.25, 0.3) is 0 Å². The van der Waals surface area contributed by atoms with Gasteiger partial charge in [-0.2, -0.15) is 5.10 Å². The molecule has 1 heterocycles. The summed E-state index contributed by atoms with van der Waals surface area (Å²) in [5, 5.41) is 10.9. The normalized spacial score (nSPS) is 16.9. The maximum absolute atomic E-state index is 12.1. The van der Waals surface area contributed by atoms with Gasteiger partial charge >= 0.3 is 6.03 Å². The van der Waals surface area contributed by atoms with Gasteiger partial charge in [0.25, 0.3) is 0 Å². The first-order chi connectivity index (χ1) is 10.6. The minimum Gasteiger partial charge on any atom is -0.334 e. The van der Waals surface area contributed by atoms with Crippen LogP contribution >= 0.6 is 11.6 Å². The van der Waals surface area contributed by atoms with E-state index in [9.17, 15) is 4.79 Å². The molecule has 5 nitrogen and oxygen atoms in total. The predicted octanol–water partition coefficient (Wildman–Crippen LogP) is 2.95. The van der Waals surface area contributed by atoms with Crippen LogP contribution in [0.2, 0.25) is 5.02 Å². The average molecular weight is 319 g/mol. The van der Waals surface area contributed by atoms with Crippen molar-refractivity contribution in [2.75, 3.05) is 0 Å². The van der Waals surface area contributed by atoms with Gasteiger partial charge < -0.3 is 10.6 Å². The molecule has 2 amide bonds. The van der Waals surface area contributed by atoms with Crippen molar-refractivity contribution in [3.05, 3.63) is 52.3 Å². The van der Waals surface area contributed by atoms with E-state index >= 15 is 0 Å². The van der Waals surface area contributed by atoms with Crippen LogP contribution in [0.15, 0.2) is 30.5 Å². The molecule has 0 saturated carbocycles. The highest BCUT2D eigenvalue weighted by molar-refractivity contribution is 6.30. The van der Waals surface area contributed by atoms with E-state index in [-0.39, 0.29) is 12.1 Å². The summed E-state index contributed by atoms with van der Waals surface area (Å²) >= 11 is 5.85. The number of urea groups is 1. The van der Waals surface area contributed by atoms with Gasteiger partial charge in [-0.1, -0.05) is 23.7 Å². The molecular formula is C16H19ClN4O. The Morgan fingerprint density at radius 1 is 1.41 bits per heavy atom. The molecule has 0 bridgehead atoms. The second-order valence-corrected chi connectivity index (χ2v) is 6.00. The molecule has 0 saturated heterocycles. The van der Waals surface area contributed by atoms with E-state index in [4.69, 9.17) is 11.6 Å². The molecule has 1 atom stereocenters. The summed E-state index contributed by atoms with van der Waals surface area (Å²) < 4.78 is 1.90. The Bertz CT molecular complexity index is 665. The van der Waals surface area contributed by atoms with Crippen LogP contribution < -0.4 is 10.6 Å². The maximum Gasteiger partial charge on any atom is 0.315 e. The molecule has 1 aliphatic carbocycles. The van der Waals surface area contributed by atoms with Crippen LogP contribution in [0.5, 0.6) is 0 Å². The summed E-state index contributed by atoms with van der Waals surface area (Å²) in [6.45, 7) is 0.482. The van der Waals surface area contributed by atoms with E-state index in [2.05, 4.69) is 15.7 Å². The largest absolute Gasteiger partial charge is 0.334 e. The second kappa shape index (κ2) is 6.40. The number of rotatable bonds is 3. The number of nitrogens with one attached hydrogen (secondary N) is 2. The van der Waals surface area contributed by atoms with Gasteiger partial charge in [0.15, 0.2) is 0 Å². The number of nitrogens with zero attached hydrogens (tertiary/aromatic N) is 2.